The van der Waals surface area contributed by atoms with Crippen LogP contribution in [0.2, 0.25) is 0 Å². The van der Waals surface area contributed by atoms with Gasteiger partial charge in [0, 0.05) is 11.3 Å². The van der Waals surface area contributed by atoms with Crippen LogP contribution in [0.1, 0.15) is 79.1 Å². The first-order valence-electron chi connectivity index (χ1n) is 8.67. The van der Waals surface area contributed by atoms with Gasteiger partial charge in [-0.1, -0.05) is 46.1 Å². The van der Waals surface area contributed by atoms with E-state index in [-0.39, 0.29) is 5.41 Å². The minimum absolute atomic E-state index is 0.272. The molecule has 0 heterocycles. The third kappa shape index (κ3) is 1.92. The molecule has 1 saturated carbocycles. The van der Waals surface area contributed by atoms with Gasteiger partial charge in [0.2, 0.25) is 0 Å². The van der Waals surface area contributed by atoms with E-state index in [9.17, 15) is 4.79 Å². The molecule has 0 unspecified atom stereocenters. The van der Waals surface area contributed by atoms with E-state index in [1.54, 1.807) is 5.57 Å². The average molecular weight is 274 g/mol. The molecule has 0 spiro atoms. The molecule has 0 bridgehead atoms. The van der Waals surface area contributed by atoms with E-state index in [4.69, 9.17) is 0 Å². The van der Waals surface area contributed by atoms with Crippen LogP contribution in [0, 0.1) is 22.7 Å². The van der Waals surface area contributed by atoms with Gasteiger partial charge in [-0.25, -0.2) is 0 Å². The molecule has 0 aromatic heterocycles. The Bertz CT molecular complexity index is 451. The van der Waals surface area contributed by atoms with Gasteiger partial charge in [0.25, 0.3) is 0 Å². The molecule has 20 heavy (non-hydrogen) atoms. The minimum atomic E-state index is 0.272. The number of carbonyl (C=O) groups is 1. The zero-order chi connectivity index (χ0) is 14.5. The Balaban J connectivity index is 1.98. The van der Waals surface area contributed by atoms with Crippen molar-refractivity contribution in [1.82, 2.24) is 0 Å². The van der Waals surface area contributed by atoms with Gasteiger partial charge in [-0.3, -0.25) is 4.79 Å². The van der Waals surface area contributed by atoms with Crippen molar-refractivity contribution in [2.24, 2.45) is 22.7 Å². The molecule has 1 nitrogen and oxygen atoms in total. The first-order chi connectivity index (χ1) is 9.40. The monoisotopic (exact) mass is 274 g/mol. The van der Waals surface area contributed by atoms with Gasteiger partial charge in [-0.15, -0.1) is 0 Å². The van der Waals surface area contributed by atoms with Gasteiger partial charge in [0.15, 0.2) is 5.78 Å². The maximum atomic E-state index is 12.8. The van der Waals surface area contributed by atoms with Gasteiger partial charge >= 0.3 is 0 Å². The minimum Gasteiger partial charge on any atom is -0.294 e. The molecule has 3 atom stereocenters. The molecule has 0 N–H and O–H groups in total. The highest BCUT2D eigenvalue weighted by atomic mass is 16.1. The van der Waals surface area contributed by atoms with Crippen LogP contribution in [-0.2, 0) is 4.79 Å². The number of rotatable bonds is 1. The molecule has 112 valence electrons. The molecule has 3 aliphatic carbocycles. The Morgan fingerprint density at radius 1 is 1.20 bits per heavy atom. The predicted octanol–water partition coefficient (Wildman–Crippen LogP) is 5.30. The third-order valence-corrected chi connectivity index (χ3v) is 6.66. The van der Waals surface area contributed by atoms with Crippen LogP contribution in [0.25, 0.3) is 0 Å². The molecule has 0 radical (unpaired) electrons. The van der Waals surface area contributed by atoms with E-state index < -0.39 is 0 Å². The van der Waals surface area contributed by atoms with E-state index >= 15 is 0 Å². The van der Waals surface area contributed by atoms with Crippen LogP contribution in [0.4, 0.5) is 0 Å². The first kappa shape index (κ1) is 14.4. The summed E-state index contributed by atoms with van der Waals surface area (Å²) in [7, 11) is 0. The van der Waals surface area contributed by atoms with Crippen molar-refractivity contribution in [3.8, 4) is 0 Å². The third-order valence-electron chi connectivity index (χ3n) is 6.66. The van der Waals surface area contributed by atoms with Gasteiger partial charge in [-0.2, -0.15) is 0 Å². The Kier molecular flexibility index (Phi) is 3.38. The predicted molar refractivity (Wildman–Crippen MR) is 83.5 cm³/mol. The lowest BCUT2D eigenvalue weighted by molar-refractivity contribution is -0.122. The van der Waals surface area contributed by atoms with E-state index in [1.165, 1.54) is 44.1 Å². The number of Topliss-reactive ketones (excluding diaryl/α,β-unsaturated/α-hetero) is 1. The van der Waals surface area contributed by atoms with Gasteiger partial charge < -0.3 is 0 Å². The molecular formula is C19H30O. The summed E-state index contributed by atoms with van der Waals surface area (Å²) in [5.41, 5.74) is 3.54. The largest absolute Gasteiger partial charge is 0.294 e. The van der Waals surface area contributed by atoms with Crippen molar-refractivity contribution in [3.05, 3.63) is 11.1 Å². The molecule has 0 amide bonds. The van der Waals surface area contributed by atoms with Crippen molar-refractivity contribution in [2.45, 2.75) is 79.1 Å². The molecule has 1 fully saturated rings. The Labute approximate surface area is 124 Å². The normalized spacial score (nSPS) is 37.9. The van der Waals surface area contributed by atoms with E-state index in [2.05, 4.69) is 27.7 Å². The highest BCUT2D eigenvalue weighted by Crippen LogP contribution is 2.60. The zero-order valence-corrected chi connectivity index (χ0v) is 13.7. The van der Waals surface area contributed by atoms with Crippen molar-refractivity contribution in [2.75, 3.05) is 0 Å². The SMILES string of the molecule is CC[C@@]12CCCC[C@@H]1C(=O)C1=C2C[C@@H](C(C)(C)C)CC1. The summed E-state index contributed by atoms with van der Waals surface area (Å²) in [6.45, 7) is 9.44. The van der Waals surface area contributed by atoms with E-state index in [1.807, 2.05) is 0 Å². The average Bonchev–Trinajstić information content (AvgIpc) is 2.69. The van der Waals surface area contributed by atoms with Crippen molar-refractivity contribution < 1.29 is 4.79 Å². The zero-order valence-electron chi connectivity index (χ0n) is 13.7. The maximum absolute atomic E-state index is 12.8. The highest BCUT2D eigenvalue weighted by Gasteiger charge is 2.54. The molecule has 0 aliphatic heterocycles. The summed E-state index contributed by atoms with van der Waals surface area (Å²) in [6, 6.07) is 0. The number of fused-ring (bicyclic) bond motifs is 2. The molecular weight excluding hydrogens is 244 g/mol. The fourth-order valence-electron chi connectivity index (χ4n) is 5.29. The number of ketones is 1. The molecule has 0 aromatic carbocycles. The number of hydrogen-bond acceptors (Lipinski definition) is 1. The van der Waals surface area contributed by atoms with Gasteiger partial charge in [-0.05, 0) is 55.4 Å². The second-order valence-corrected chi connectivity index (χ2v) is 8.44. The molecule has 0 saturated heterocycles. The standard InChI is InChI=1S/C19H30O/c1-5-19-11-7-6-8-15(19)17(20)14-10-9-13(12-16(14)19)18(2,3)4/h13,15H,5-12H2,1-4H3/t13-,15+,19+/m0/s1. The van der Waals surface area contributed by atoms with Gasteiger partial charge in [0.1, 0.15) is 0 Å². The molecule has 1 heteroatoms. The highest BCUT2D eigenvalue weighted by molar-refractivity contribution is 6.02. The second-order valence-electron chi connectivity index (χ2n) is 8.44. The summed E-state index contributed by atoms with van der Waals surface area (Å²) in [4.78, 5) is 12.8. The smallest absolute Gasteiger partial charge is 0.162 e. The van der Waals surface area contributed by atoms with Crippen LogP contribution in [0.3, 0.4) is 0 Å². The van der Waals surface area contributed by atoms with Gasteiger partial charge in [0.05, 0.1) is 0 Å². The number of allylic oxidation sites excluding steroid dienone is 2. The first-order valence-corrected chi connectivity index (χ1v) is 8.67. The summed E-state index contributed by atoms with van der Waals surface area (Å²) in [5, 5.41) is 0. The Morgan fingerprint density at radius 2 is 1.95 bits per heavy atom. The maximum Gasteiger partial charge on any atom is 0.162 e. The Morgan fingerprint density at radius 3 is 2.60 bits per heavy atom. The van der Waals surface area contributed by atoms with Crippen LogP contribution >= 0.6 is 0 Å². The molecule has 0 aromatic rings. The van der Waals surface area contributed by atoms with E-state index in [0.717, 1.165) is 18.8 Å². The van der Waals surface area contributed by atoms with E-state index in [0.29, 0.717) is 17.1 Å². The fraction of sp³-hybridized carbons (Fsp3) is 0.842. The van der Waals surface area contributed by atoms with Crippen molar-refractivity contribution >= 4 is 5.78 Å². The summed E-state index contributed by atoms with van der Waals surface area (Å²) < 4.78 is 0. The lowest BCUT2D eigenvalue weighted by Crippen LogP contribution is -2.35. The Hall–Kier alpha value is -0.590. The molecule has 3 rings (SSSR count). The quantitative estimate of drug-likeness (QED) is 0.634. The number of hydrogen-bond donors (Lipinski definition) is 0. The molecule has 3 aliphatic rings. The summed E-state index contributed by atoms with van der Waals surface area (Å²) >= 11 is 0. The topological polar surface area (TPSA) is 17.1 Å². The van der Waals surface area contributed by atoms with Crippen molar-refractivity contribution in [3.63, 3.8) is 0 Å². The van der Waals surface area contributed by atoms with Crippen LogP contribution in [0.5, 0.6) is 0 Å². The number of carbonyl (C=O) groups excluding carboxylic acids is 1. The van der Waals surface area contributed by atoms with Crippen molar-refractivity contribution in [1.29, 1.82) is 0 Å². The van der Waals surface area contributed by atoms with Crippen LogP contribution in [-0.4, -0.2) is 5.78 Å². The van der Waals surface area contributed by atoms with Crippen LogP contribution < -0.4 is 0 Å². The van der Waals surface area contributed by atoms with Crippen LogP contribution in [0.15, 0.2) is 11.1 Å². The fourth-order valence-corrected chi connectivity index (χ4v) is 5.29. The summed E-state index contributed by atoms with van der Waals surface area (Å²) in [6.07, 6.45) is 9.69. The lowest BCUT2D eigenvalue weighted by Gasteiger charge is -2.43. The summed E-state index contributed by atoms with van der Waals surface area (Å²) in [5.74, 6) is 1.66. The second kappa shape index (κ2) is 4.71. The lowest BCUT2D eigenvalue weighted by atomic mass is 9.60.